The standard InChI is InChI=1S/C24H17ClN2O4S/c1-3-10-30-16-7-4-14(5-8-16)20-19-21(28)17-11-15(25)6-9-18(17)31-22(19)23(29)27(20)24-26-13(2)12-32-24/h3-9,11-12,20H,1,10H2,2H3/t20-/m0/s1. The van der Waals surface area contributed by atoms with Crippen molar-refractivity contribution in [2.45, 2.75) is 13.0 Å². The number of aromatic nitrogens is 1. The number of carbonyl (C=O) groups excluding carboxylic acids is 1. The number of aryl methyl sites for hydroxylation is 1. The molecule has 3 heterocycles. The predicted molar refractivity (Wildman–Crippen MR) is 125 cm³/mol. The van der Waals surface area contributed by atoms with Crippen LogP contribution in [-0.4, -0.2) is 17.5 Å². The van der Waals surface area contributed by atoms with E-state index in [0.717, 1.165) is 11.3 Å². The summed E-state index contributed by atoms with van der Waals surface area (Å²) in [4.78, 5) is 33.0. The summed E-state index contributed by atoms with van der Waals surface area (Å²) in [5.41, 5.74) is 1.83. The second kappa shape index (κ2) is 7.93. The molecule has 1 atom stereocenters. The van der Waals surface area contributed by atoms with Crippen molar-refractivity contribution in [2.24, 2.45) is 0 Å². The Morgan fingerprint density at radius 1 is 1.25 bits per heavy atom. The normalized spacial score (nSPS) is 15.2. The molecule has 1 amide bonds. The van der Waals surface area contributed by atoms with Crippen LogP contribution in [0.5, 0.6) is 5.75 Å². The molecular formula is C24H17ClN2O4S. The second-order valence-corrected chi connectivity index (χ2v) is 8.61. The molecule has 5 rings (SSSR count). The number of thiazole rings is 1. The van der Waals surface area contributed by atoms with E-state index in [9.17, 15) is 9.59 Å². The lowest BCUT2D eigenvalue weighted by atomic mass is 9.98. The third-order valence-corrected chi connectivity index (χ3v) is 6.40. The van der Waals surface area contributed by atoms with E-state index in [-0.39, 0.29) is 16.8 Å². The minimum Gasteiger partial charge on any atom is -0.490 e. The van der Waals surface area contributed by atoms with Gasteiger partial charge in [-0.2, -0.15) is 0 Å². The van der Waals surface area contributed by atoms with Gasteiger partial charge in [-0.05, 0) is 42.8 Å². The number of hydrogen-bond acceptors (Lipinski definition) is 6. The van der Waals surface area contributed by atoms with Crippen LogP contribution in [0.3, 0.4) is 0 Å². The summed E-state index contributed by atoms with van der Waals surface area (Å²) in [5.74, 6) is 0.280. The highest BCUT2D eigenvalue weighted by atomic mass is 35.5. The number of anilines is 1. The summed E-state index contributed by atoms with van der Waals surface area (Å²) in [7, 11) is 0. The molecule has 4 aromatic rings. The van der Waals surface area contributed by atoms with Gasteiger partial charge in [0.25, 0.3) is 5.91 Å². The van der Waals surface area contributed by atoms with Gasteiger partial charge in [0.05, 0.1) is 22.7 Å². The second-order valence-electron chi connectivity index (χ2n) is 7.33. The fraction of sp³-hybridized carbons (Fsp3) is 0.125. The first-order valence-corrected chi connectivity index (χ1v) is 11.1. The van der Waals surface area contributed by atoms with Gasteiger partial charge in [-0.1, -0.05) is 36.4 Å². The van der Waals surface area contributed by atoms with Gasteiger partial charge in [-0.25, -0.2) is 4.98 Å². The van der Waals surface area contributed by atoms with Gasteiger partial charge in [0, 0.05) is 10.4 Å². The molecule has 6 nitrogen and oxygen atoms in total. The lowest BCUT2D eigenvalue weighted by molar-refractivity contribution is 0.0971. The van der Waals surface area contributed by atoms with Crippen LogP contribution in [0.15, 0.2) is 69.7 Å². The number of fused-ring (bicyclic) bond motifs is 2. The summed E-state index contributed by atoms with van der Waals surface area (Å²) >= 11 is 7.46. The fourth-order valence-electron chi connectivity index (χ4n) is 3.81. The van der Waals surface area contributed by atoms with Crippen LogP contribution in [0.25, 0.3) is 11.0 Å². The molecule has 2 aromatic carbocycles. The van der Waals surface area contributed by atoms with Crippen molar-refractivity contribution in [1.29, 1.82) is 0 Å². The predicted octanol–water partition coefficient (Wildman–Crippen LogP) is 5.53. The summed E-state index contributed by atoms with van der Waals surface area (Å²) in [5, 5.41) is 3.11. The van der Waals surface area contributed by atoms with E-state index in [4.69, 9.17) is 20.8 Å². The highest BCUT2D eigenvalue weighted by Crippen LogP contribution is 2.42. The molecule has 2 aromatic heterocycles. The molecule has 0 radical (unpaired) electrons. The first-order valence-electron chi connectivity index (χ1n) is 9.83. The van der Waals surface area contributed by atoms with E-state index in [2.05, 4.69) is 11.6 Å². The van der Waals surface area contributed by atoms with E-state index in [1.165, 1.54) is 16.2 Å². The van der Waals surface area contributed by atoms with Crippen LogP contribution in [0.4, 0.5) is 5.13 Å². The lowest BCUT2D eigenvalue weighted by Gasteiger charge is -2.22. The molecule has 160 valence electrons. The molecule has 0 saturated heterocycles. The molecular weight excluding hydrogens is 448 g/mol. The van der Waals surface area contributed by atoms with E-state index >= 15 is 0 Å². The Morgan fingerprint density at radius 2 is 2.03 bits per heavy atom. The molecule has 0 N–H and O–H groups in total. The van der Waals surface area contributed by atoms with Crippen molar-refractivity contribution in [3.8, 4) is 5.75 Å². The Hall–Kier alpha value is -3.42. The van der Waals surface area contributed by atoms with Crippen molar-refractivity contribution in [2.75, 3.05) is 11.5 Å². The molecule has 32 heavy (non-hydrogen) atoms. The van der Waals surface area contributed by atoms with Gasteiger partial charge in [0.2, 0.25) is 5.76 Å². The number of halogens is 1. The minimum absolute atomic E-state index is 0.0228. The summed E-state index contributed by atoms with van der Waals surface area (Å²) < 4.78 is 11.5. The smallest absolute Gasteiger partial charge is 0.297 e. The topological polar surface area (TPSA) is 72.6 Å². The largest absolute Gasteiger partial charge is 0.490 e. The van der Waals surface area contributed by atoms with Crippen LogP contribution < -0.4 is 15.1 Å². The summed E-state index contributed by atoms with van der Waals surface area (Å²) in [6, 6.07) is 11.4. The van der Waals surface area contributed by atoms with E-state index < -0.39 is 11.9 Å². The monoisotopic (exact) mass is 464 g/mol. The Labute approximate surface area is 192 Å². The lowest BCUT2D eigenvalue weighted by Crippen LogP contribution is -2.29. The summed E-state index contributed by atoms with van der Waals surface area (Å²) in [6.07, 6.45) is 1.66. The third-order valence-electron chi connectivity index (χ3n) is 5.21. The van der Waals surface area contributed by atoms with Gasteiger partial charge in [-0.15, -0.1) is 11.3 Å². The Balaban J connectivity index is 1.72. The molecule has 1 aliphatic heterocycles. The summed E-state index contributed by atoms with van der Waals surface area (Å²) in [6.45, 7) is 5.88. The first kappa shape index (κ1) is 20.5. The number of benzene rings is 2. The highest BCUT2D eigenvalue weighted by Gasteiger charge is 2.44. The molecule has 0 bridgehead atoms. The van der Waals surface area contributed by atoms with E-state index in [0.29, 0.717) is 33.5 Å². The molecule has 0 spiro atoms. The third kappa shape index (κ3) is 3.30. The number of ether oxygens (including phenoxy) is 1. The Morgan fingerprint density at radius 3 is 2.72 bits per heavy atom. The van der Waals surface area contributed by atoms with Crippen LogP contribution in [-0.2, 0) is 0 Å². The van der Waals surface area contributed by atoms with Crippen LogP contribution >= 0.6 is 22.9 Å². The first-order chi connectivity index (χ1) is 15.5. The molecule has 0 fully saturated rings. The van der Waals surface area contributed by atoms with Gasteiger partial charge < -0.3 is 9.15 Å². The van der Waals surface area contributed by atoms with Gasteiger partial charge in [-0.3, -0.25) is 14.5 Å². The number of carbonyl (C=O) groups is 1. The maximum Gasteiger partial charge on any atom is 0.297 e. The molecule has 0 unspecified atom stereocenters. The molecule has 8 heteroatoms. The number of amides is 1. The van der Waals surface area contributed by atoms with E-state index in [1.807, 2.05) is 24.4 Å². The van der Waals surface area contributed by atoms with Crippen LogP contribution in [0, 0.1) is 6.92 Å². The zero-order valence-electron chi connectivity index (χ0n) is 17.0. The number of nitrogens with zero attached hydrogens (tertiary/aromatic N) is 2. The number of hydrogen-bond donors (Lipinski definition) is 0. The van der Waals surface area contributed by atoms with Gasteiger partial charge in [0.1, 0.15) is 17.9 Å². The maximum absolute atomic E-state index is 13.5. The Bertz CT molecular complexity index is 1420. The quantitative estimate of drug-likeness (QED) is 0.363. The van der Waals surface area contributed by atoms with Crippen molar-refractivity contribution in [3.63, 3.8) is 0 Å². The van der Waals surface area contributed by atoms with Crippen molar-refractivity contribution < 1.29 is 13.9 Å². The van der Waals surface area contributed by atoms with Crippen molar-refractivity contribution in [1.82, 2.24) is 4.98 Å². The van der Waals surface area contributed by atoms with Crippen LogP contribution in [0.2, 0.25) is 5.02 Å². The fourth-order valence-corrected chi connectivity index (χ4v) is 4.81. The van der Waals surface area contributed by atoms with Gasteiger partial charge >= 0.3 is 0 Å². The maximum atomic E-state index is 13.5. The number of rotatable bonds is 5. The van der Waals surface area contributed by atoms with Crippen LogP contribution in [0.1, 0.15) is 33.4 Å². The Kier molecular flexibility index (Phi) is 5.07. The van der Waals surface area contributed by atoms with Gasteiger partial charge in [0.15, 0.2) is 10.6 Å². The van der Waals surface area contributed by atoms with Crippen molar-refractivity contribution >= 4 is 44.9 Å². The minimum atomic E-state index is -0.684. The average molecular weight is 465 g/mol. The molecule has 0 saturated carbocycles. The zero-order valence-corrected chi connectivity index (χ0v) is 18.6. The average Bonchev–Trinajstić information content (AvgIpc) is 3.34. The van der Waals surface area contributed by atoms with Crippen molar-refractivity contribution in [3.05, 3.63) is 98.3 Å². The highest BCUT2D eigenvalue weighted by molar-refractivity contribution is 7.14. The SMILES string of the molecule is C=CCOc1ccc([C@H]2c3c(oc4ccc(Cl)cc4c3=O)C(=O)N2c2nc(C)cs2)cc1. The van der Waals surface area contributed by atoms with E-state index in [1.54, 1.807) is 36.4 Å². The zero-order chi connectivity index (χ0) is 22.4. The molecule has 1 aliphatic rings. The molecule has 0 aliphatic carbocycles.